The number of pyridine rings is 1. The quantitative estimate of drug-likeness (QED) is 0.696. The summed E-state index contributed by atoms with van der Waals surface area (Å²) < 4.78 is 0.634. The molecule has 1 heterocycles. The normalized spacial score (nSPS) is 10.4. The summed E-state index contributed by atoms with van der Waals surface area (Å²) in [6, 6.07) is 6.57. The summed E-state index contributed by atoms with van der Waals surface area (Å²) in [5, 5.41) is 3.59. The summed E-state index contributed by atoms with van der Waals surface area (Å²) in [6.07, 6.45) is 0. The SMILES string of the molecule is Cc1cc(Cl)nc(Cl)c1NC(=O)c1cc(Cl)ccc1Br. The van der Waals surface area contributed by atoms with Crippen LogP contribution in [0.2, 0.25) is 15.3 Å². The minimum Gasteiger partial charge on any atom is -0.319 e. The second kappa shape index (κ2) is 6.31. The first-order valence-electron chi connectivity index (χ1n) is 5.47. The van der Waals surface area contributed by atoms with Gasteiger partial charge in [0, 0.05) is 9.50 Å². The Kier molecular flexibility index (Phi) is 4.91. The zero-order chi connectivity index (χ0) is 14.9. The van der Waals surface area contributed by atoms with E-state index in [9.17, 15) is 4.79 Å². The summed E-state index contributed by atoms with van der Waals surface area (Å²) in [4.78, 5) is 16.2. The average molecular weight is 394 g/mol. The number of benzene rings is 1. The van der Waals surface area contributed by atoms with Crippen molar-refractivity contribution in [2.45, 2.75) is 6.92 Å². The molecule has 3 nitrogen and oxygen atoms in total. The van der Waals surface area contributed by atoms with Gasteiger partial charge in [-0.25, -0.2) is 4.98 Å². The molecule has 104 valence electrons. The number of aryl methyl sites for hydroxylation is 1. The molecule has 0 atom stereocenters. The van der Waals surface area contributed by atoms with Crippen molar-refractivity contribution in [1.82, 2.24) is 4.98 Å². The maximum Gasteiger partial charge on any atom is 0.256 e. The van der Waals surface area contributed by atoms with Crippen LogP contribution in [0.15, 0.2) is 28.7 Å². The monoisotopic (exact) mass is 392 g/mol. The smallest absolute Gasteiger partial charge is 0.256 e. The third-order valence-corrected chi connectivity index (χ3v) is 3.95. The van der Waals surface area contributed by atoms with Gasteiger partial charge in [-0.3, -0.25) is 4.79 Å². The number of nitrogens with one attached hydrogen (secondary N) is 1. The van der Waals surface area contributed by atoms with Crippen molar-refractivity contribution in [1.29, 1.82) is 0 Å². The second-order valence-electron chi connectivity index (χ2n) is 4.01. The van der Waals surface area contributed by atoms with E-state index in [0.717, 1.165) is 5.56 Å². The number of hydrogen-bond acceptors (Lipinski definition) is 2. The largest absolute Gasteiger partial charge is 0.319 e. The first kappa shape index (κ1) is 15.6. The van der Waals surface area contributed by atoms with Gasteiger partial charge in [0.05, 0.1) is 11.3 Å². The second-order valence-corrected chi connectivity index (χ2v) is 6.04. The molecule has 0 aliphatic heterocycles. The van der Waals surface area contributed by atoms with Gasteiger partial charge in [-0.15, -0.1) is 0 Å². The van der Waals surface area contributed by atoms with E-state index in [-0.39, 0.29) is 16.2 Å². The Morgan fingerprint density at radius 3 is 2.60 bits per heavy atom. The summed E-state index contributed by atoms with van der Waals surface area (Å²) in [7, 11) is 0. The van der Waals surface area contributed by atoms with Crippen LogP contribution in [0, 0.1) is 6.92 Å². The Labute approximate surface area is 139 Å². The molecular formula is C13H8BrCl3N2O. The van der Waals surface area contributed by atoms with Gasteiger partial charge >= 0.3 is 0 Å². The molecule has 0 radical (unpaired) electrons. The van der Waals surface area contributed by atoms with Gasteiger partial charge in [0.15, 0.2) is 5.15 Å². The number of carbonyl (C=O) groups is 1. The molecule has 0 fully saturated rings. The minimum absolute atomic E-state index is 0.140. The van der Waals surface area contributed by atoms with Gasteiger partial charge < -0.3 is 5.32 Å². The molecule has 2 rings (SSSR count). The van der Waals surface area contributed by atoms with Crippen molar-refractivity contribution >= 4 is 62.3 Å². The molecule has 1 amide bonds. The molecule has 0 aliphatic rings. The van der Waals surface area contributed by atoms with Crippen molar-refractivity contribution < 1.29 is 4.79 Å². The molecular weight excluding hydrogens is 386 g/mol. The van der Waals surface area contributed by atoms with Crippen molar-refractivity contribution in [3.8, 4) is 0 Å². The summed E-state index contributed by atoms with van der Waals surface area (Å²) in [5.74, 6) is -0.339. The summed E-state index contributed by atoms with van der Waals surface area (Å²) in [5.41, 5.74) is 1.55. The lowest BCUT2D eigenvalue weighted by atomic mass is 10.2. The van der Waals surface area contributed by atoms with Crippen LogP contribution in [0.3, 0.4) is 0 Å². The fourth-order valence-corrected chi connectivity index (χ4v) is 2.78. The molecule has 7 heteroatoms. The number of rotatable bonds is 2. The molecule has 0 bridgehead atoms. The number of aromatic nitrogens is 1. The van der Waals surface area contributed by atoms with E-state index in [1.165, 1.54) is 0 Å². The van der Waals surface area contributed by atoms with Gasteiger partial charge in [0.2, 0.25) is 0 Å². The van der Waals surface area contributed by atoms with Crippen molar-refractivity contribution in [2.75, 3.05) is 5.32 Å². The highest BCUT2D eigenvalue weighted by Gasteiger charge is 2.15. The van der Waals surface area contributed by atoms with Crippen LogP contribution in [0.1, 0.15) is 15.9 Å². The lowest BCUT2D eigenvalue weighted by Crippen LogP contribution is -2.14. The first-order chi connectivity index (χ1) is 9.38. The van der Waals surface area contributed by atoms with Gasteiger partial charge in [0.1, 0.15) is 5.15 Å². The van der Waals surface area contributed by atoms with Crippen LogP contribution in [0.4, 0.5) is 5.69 Å². The van der Waals surface area contributed by atoms with Crippen LogP contribution < -0.4 is 5.32 Å². The number of anilines is 1. The highest BCUT2D eigenvalue weighted by Crippen LogP contribution is 2.28. The number of nitrogens with zero attached hydrogens (tertiary/aromatic N) is 1. The molecule has 1 aromatic heterocycles. The van der Waals surface area contributed by atoms with Crippen LogP contribution in [-0.4, -0.2) is 10.9 Å². The molecule has 0 saturated heterocycles. The van der Waals surface area contributed by atoms with Gasteiger partial charge in [-0.2, -0.15) is 0 Å². The predicted molar refractivity (Wildman–Crippen MR) is 86.1 cm³/mol. The number of carbonyl (C=O) groups excluding carboxylic acids is 1. The number of hydrogen-bond donors (Lipinski definition) is 1. The van der Waals surface area contributed by atoms with Crippen LogP contribution in [0.5, 0.6) is 0 Å². The average Bonchev–Trinajstić information content (AvgIpc) is 2.36. The van der Waals surface area contributed by atoms with Crippen molar-refractivity contribution in [2.24, 2.45) is 0 Å². The summed E-state index contributed by atoms with van der Waals surface area (Å²) >= 11 is 21.0. The number of halogens is 4. The molecule has 0 aliphatic carbocycles. The maximum atomic E-state index is 12.3. The topological polar surface area (TPSA) is 42.0 Å². The van der Waals surface area contributed by atoms with E-state index in [1.54, 1.807) is 31.2 Å². The van der Waals surface area contributed by atoms with Crippen molar-refractivity contribution in [3.63, 3.8) is 0 Å². The van der Waals surface area contributed by atoms with Crippen LogP contribution in [0.25, 0.3) is 0 Å². The Hall–Kier alpha value is -0.810. The molecule has 0 saturated carbocycles. The van der Waals surface area contributed by atoms with Crippen LogP contribution >= 0.6 is 50.7 Å². The van der Waals surface area contributed by atoms with E-state index in [2.05, 4.69) is 26.2 Å². The Bertz CT molecular complexity index is 668. The minimum atomic E-state index is -0.339. The van der Waals surface area contributed by atoms with Crippen molar-refractivity contribution in [3.05, 3.63) is 55.2 Å². The first-order valence-corrected chi connectivity index (χ1v) is 7.40. The van der Waals surface area contributed by atoms with E-state index in [1.807, 2.05) is 0 Å². The lowest BCUT2D eigenvalue weighted by Gasteiger charge is -2.11. The Morgan fingerprint density at radius 2 is 1.95 bits per heavy atom. The van der Waals surface area contributed by atoms with Crippen LogP contribution in [-0.2, 0) is 0 Å². The third kappa shape index (κ3) is 3.44. The fourth-order valence-electron chi connectivity index (χ4n) is 1.60. The molecule has 0 spiro atoms. The van der Waals surface area contributed by atoms with E-state index >= 15 is 0 Å². The molecule has 1 aromatic carbocycles. The van der Waals surface area contributed by atoms with Gasteiger partial charge in [0.25, 0.3) is 5.91 Å². The maximum absolute atomic E-state index is 12.3. The lowest BCUT2D eigenvalue weighted by molar-refractivity contribution is 0.102. The zero-order valence-electron chi connectivity index (χ0n) is 10.2. The molecule has 1 N–H and O–H groups in total. The van der Waals surface area contributed by atoms with E-state index in [4.69, 9.17) is 34.8 Å². The zero-order valence-corrected chi connectivity index (χ0v) is 14.0. The van der Waals surface area contributed by atoms with Gasteiger partial charge in [-0.05, 0) is 52.7 Å². The van der Waals surface area contributed by atoms with E-state index in [0.29, 0.717) is 20.7 Å². The van der Waals surface area contributed by atoms with E-state index < -0.39 is 0 Å². The Morgan fingerprint density at radius 1 is 1.25 bits per heavy atom. The fraction of sp³-hybridized carbons (Fsp3) is 0.0769. The third-order valence-electron chi connectivity index (χ3n) is 2.55. The molecule has 2 aromatic rings. The highest BCUT2D eigenvalue weighted by atomic mass is 79.9. The summed E-state index contributed by atoms with van der Waals surface area (Å²) in [6.45, 7) is 1.78. The number of amides is 1. The molecule has 20 heavy (non-hydrogen) atoms. The Balaban J connectivity index is 2.35. The van der Waals surface area contributed by atoms with Gasteiger partial charge in [-0.1, -0.05) is 34.8 Å². The standard InChI is InChI=1S/C13H8BrCl3N2O/c1-6-4-10(16)18-12(17)11(6)19-13(20)8-5-7(15)2-3-9(8)14/h2-5H,1H3,(H,19,20). The highest BCUT2D eigenvalue weighted by molar-refractivity contribution is 9.10. The molecule has 0 unspecified atom stereocenters. The predicted octanol–water partition coefficient (Wildman–Crippen LogP) is 5.37.